The first-order valence-electron chi connectivity index (χ1n) is 7.15. The normalized spacial score (nSPS) is 11.6. The lowest BCUT2D eigenvalue weighted by Gasteiger charge is -2.11. The molecular weight excluding hydrogens is 286 g/mol. The van der Waals surface area contributed by atoms with Gasteiger partial charge in [0.25, 0.3) is 0 Å². The van der Waals surface area contributed by atoms with E-state index in [9.17, 15) is 9.59 Å². The van der Waals surface area contributed by atoms with Gasteiger partial charge in [0.1, 0.15) is 0 Å². The maximum atomic E-state index is 11.7. The molecule has 2 N–H and O–H groups in total. The summed E-state index contributed by atoms with van der Waals surface area (Å²) < 4.78 is 10.4. The SMILES string of the molecule is COc1ccc(CCNC(=O)CC(C)CC(=O)O)cc1OC. The van der Waals surface area contributed by atoms with Crippen molar-refractivity contribution in [2.24, 2.45) is 5.92 Å². The Morgan fingerprint density at radius 2 is 1.86 bits per heavy atom. The molecule has 6 nitrogen and oxygen atoms in total. The molecule has 1 unspecified atom stereocenters. The number of methoxy groups -OCH3 is 2. The number of amides is 1. The van der Waals surface area contributed by atoms with E-state index in [4.69, 9.17) is 14.6 Å². The number of hydrogen-bond acceptors (Lipinski definition) is 4. The Labute approximate surface area is 130 Å². The molecule has 22 heavy (non-hydrogen) atoms. The van der Waals surface area contributed by atoms with E-state index in [1.54, 1.807) is 21.1 Å². The number of benzene rings is 1. The topological polar surface area (TPSA) is 84.9 Å². The molecule has 0 saturated carbocycles. The van der Waals surface area contributed by atoms with Crippen molar-refractivity contribution in [1.82, 2.24) is 5.32 Å². The van der Waals surface area contributed by atoms with E-state index in [0.29, 0.717) is 24.5 Å². The van der Waals surface area contributed by atoms with Crippen molar-refractivity contribution in [2.75, 3.05) is 20.8 Å². The largest absolute Gasteiger partial charge is 0.493 e. The van der Waals surface area contributed by atoms with Gasteiger partial charge in [0, 0.05) is 19.4 Å². The molecule has 1 rings (SSSR count). The van der Waals surface area contributed by atoms with Crippen LogP contribution in [-0.2, 0) is 16.0 Å². The number of nitrogens with one attached hydrogen (secondary N) is 1. The summed E-state index contributed by atoms with van der Waals surface area (Å²) in [5.41, 5.74) is 1.02. The van der Waals surface area contributed by atoms with Gasteiger partial charge in [-0.1, -0.05) is 13.0 Å². The Hall–Kier alpha value is -2.24. The van der Waals surface area contributed by atoms with E-state index >= 15 is 0 Å². The lowest BCUT2D eigenvalue weighted by Crippen LogP contribution is -2.27. The molecule has 0 aromatic heterocycles. The number of aliphatic carboxylic acids is 1. The van der Waals surface area contributed by atoms with Crippen LogP contribution in [0.2, 0.25) is 0 Å². The zero-order valence-electron chi connectivity index (χ0n) is 13.2. The summed E-state index contributed by atoms with van der Waals surface area (Å²) in [4.78, 5) is 22.2. The first-order valence-corrected chi connectivity index (χ1v) is 7.15. The summed E-state index contributed by atoms with van der Waals surface area (Å²) in [6, 6.07) is 5.61. The number of ether oxygens (including phenoxy) is 2. The zero-order chi connectivity index (χ0) is 16.5. The third-order valence-electron chi connectivity index (χ3n) is 3.24. The van der Waals surface area contributed by atoms with Crippen molar-refractivity contribution in [2.45, 2.75) is 26.2 Å². The van der Waals surface area contributed by atoms with Crippen LogP contribution in [0.1, 0.15) is 25.3 Å². The van der Waals surface area contributed by atoms with E-state index in [1.165, 1.54) is 0 Å². The Bertz CT molecular complexity index is 515. The van der Waals surface area contributed by atoms with Crippen molar-refractivity contribution < 1.29 is 24.2 Å². The third kappa shape index (κ3) is 6.03. The average Bonchev–Trinajstić information content (AvgIpc) is 2.45. The number of rotatable bonds is 9. The molecule has 1 aromatic carbocycles. The van der Waals surface area contributed by atoms with Gasteiger partial charge >= 0.3 is 5.97 Å². The van der Waals surface area contributed by atoms with Crippen LogP contribution in [0.15, 0.2) is 18.2 Å². The fraction of sp³-hybridized carbons (Fsp3) is 0.500. The van der Waals surface area contributed by atoms with Crippen LogP contribution >= 0.6 is 0 Å². The summed E-state index contributed by atoms with van der Waals surface area (Å²) >= 11 is 0. The van der Waals surface area contributed by atoms with E-state index < -0.39 is 5.97 Å². The second-order valence-electron chi connectivity index (χ2n) is 5.20. The van der Waals surface area contributed by atoms with Gasteiger partial charge in [0.2, 0.25) is 5.91 Å². The Balaban J connectivity index is 2.40. The molecule has 0 fully saturated rings. The van der Waals surface area contributed by atoms with Crippen LogP contribution in [0.5, 0.6) is 11.5 Å². The molecule has 0 bridgehead atoms. The second kappa shape index (κ2) is 8.92. The highest BCUT2D eigenvalue weighted by molar-refractivity contribution is 5.77. The zero-order valence-corrected chi connectivity index (χ0v) is 13.2. The quantitative estimate of drug-likeness (QED) is 0.727. The number of hydrogen-bond donors (Lipinski definition) is 2. The summed E-state index contributed by atoms with van der Waals surface area (Å²) in [7, 11) is 3.16. The van der Waals surface area contributed by atoms with E-state index in [1.807, 2.05) is 18.2 Å². The molecule has 6 heteroatoms. The molecule has 1 aromatic rings. The van der Waals surface area contributed by atoms with Crippen LogP contribution in [0.4, 0.5) is 0 Å². The van der Waals surface area contributed by atoms with E-state index in [0.717, 1.165) is 5.56 Å². The molecule has 0 aliphatic carbocycles. The van der Waals surface area contributed by atoms with Crippen LogP contribution in [0.25, 0.3) is 0 Å². The highest BCUT2D eigenvalue weighted by atomic mass is 16.5. The van der Waals surface area contributed by atoms with Crippen molar-refractivity contribution in [3.8, 4) is 11.5 Å². The number of carboxylic acids is 1. The lowest BCUT2D eigenvalue weighted by molar-refractivity contribution is -0.138. The third-order valence-corrected chi connectivity index (χ3v) is 3.24. The van der Waals surface area contributed by atoms with Gasteiger partial charge in [-0.2, -0.15) is 0 Å². The number of carbonyl (C=O) groups excluding carboxylic acids is 1. The first-order chi connectivity index (χ1) is 10.5. The van der Waals surface area contributed by atoms with Crippen molar-refractivity contribution >= 4 is 11.9 Å². The molecule has 0 heterocycles. The van der Waals surface area contributed by atoms with Gasteiger partial charge in [-0.05, 0) is 30.0 Å². The molecule has 122 valence electrons. The van der Waals surface area contributed by atoms with Crippen LogP contribution < -0.4 is 14.8 Å². The van der Waals surface area contributed by atoms with Gasteiger partial charge < -0.3 is 19.9 Å². The highest BCUT2D eigenvalue weighted by Crippen LogP contribution is 2.27. The maximum absolute atomic E-state index is 11.7. The second-order valence-corrected chi connectivity index (χ2v) is 5.20. The molecule has 0 saturated heterocycles. The highest BCUT2D eigenvalue weighted by Gasteiger charge is 2.12. The predicted molar refractivity (Wildman–Crippen MR) is 82.3 cm³/mol. The predicted octanol–water partition coefficient (Wildman–Crippen LogP) is 1.86. The van der Waals surface area contributed by atoms with Crippen molar-refractivity contribution in [3.05, 3.63) is 23.8 Å². The standard InChI is InChI=1S/C16H23NO5/c1-11(9-16(19)20)8-15(18)17-7-6-12-4-5-13(21-2)14(10-12)22-3/h4-5,10-11H,6-9H2,1-3H3,(H,17,18)(H,19,20). The monoisotopic (exact) mass is 309 g/mol. The lowest BCUT2D eigenvalue weighted by atomic mass is 10.0. The summed E-state index contributed by atoms with van der Waals surface area (Å²) in [5, 5.41) is 11.5. The van der Waals surface area contributed by atoms with Gasteiger partial charge in [0.15, 0.2) is 11.5 Å². The minimum Gasteiger partial charge on any atom is -0.493 e. The molecule has 1 atom stereocenters. The van der Waals surface area contributed by atoms with Crippen LogP contribution in [-0.4, -0.2) is 37.7 Å². The summed E-state index contributed by atoms with van der Waals surface area (Å²) in [6.07, 6.45) is 0.890. The maximum Gasteiger partial charge on any atom is 0.303 e. The minimum atomic E-state index is -0.884. The average molecular weight is 309 g/mol. The minimum absolute atomic E-state index is 0.00307. The first kappa shape index (κ1) is 17.8. The molecule has 1 amide bonds. The Kier molecular flexibility index (Phi) is 7.22. The number of carboxylic acid groups (broad SMARTS) is 1. The van der Waals surface area contributed by atoms with Gasteiger partial charge in [-0.3, -0.25) is 9.59 Å². The molecule has 0 aliphatic rings. The van der Waals surface area contributed by atoms with E-state index in [2.05, 4.69) is 5.32 Å². The smallest absolute Gasteiger partial charge is 0.303 e. The van der Waals surface area contributed by atoms with Gasteiger partial charge in [0.05, 0.1) is 14.2 Å². The van der Waals surface area contributed by atoms with Crippen molar-refractivity contribution in [3.63, 3.8) is 0 Å². The fourth-order valence-electron chi connectivity index (χ4n) is 2.14. The Morgan fingerprint density at radius 1 is 1.18 bits per heavy atom. The molecule has 0 aliphatic heterocycles. The molecular formula is C16H23NO5. The fourth-order valence-corrected chi connectivity index (χ4v) is 2.14. The Morgan fingerprint density at radius 3 is 2.45 bits per heavy atom. The van der Waals surface area contributed by atoms with Gasteiger partial charge in [-0.15, -0.1) is 0 Å². The van der Waals surface area contributed by atoms with Crippen LogP contribution in [0.3, 0.4) is 0 Å². The van der Waals surface area contributed by atoms with Crippen LogP contribution in [0, 0.1) is 5.92 Å². The van der Waals surface area contributed by atoms with Crippen molar-refractivity contribution in [1.29, 1.82) is 0 Å². The molecule has 0 radical (unpaired) electrons. The summed E-state index contributed by atoms with van der Waals surface area (Å²) in [5.74, 6) is 0.137. The summed E-state index contributed by atoms with van der Waals surface area (Å²) in [6.45, 7) is 2.25. The number of carbonyl (C=O) groups is 2. The molecule has 0 spiro atoms. The van der Waals surface area contributed by atoms with Gasteiger partial charge in [-0.25, -0.2) is 0 Å². The van der Waals surface area contributed by atoms with E-state index in [-0.39, 0.29) is 24.7 Å².